The maximum atomic E-state index is 13.0. The standard InChI is InChI=1S/C17H17ClF3N3O/c1-24(9-6-12-4-7-22-8-5-12)16(25)11-23-15-3-2-13(18)10-14(15)17(19,20)21/h2-5,7-8,10,23H,6,9,11H2,1H3. The summed E-state index contributed by atoms with van der Waals surface area (Å²) < 4.78 is 39.1. The highest BCUT2D eigenvalue weighted by Crippen LogP contribution is 2.36. The van der Waals surface area contributed by atoms with Crippen LogP contribution in [-0.4, -0.2) is 35.9 Å². The summed E-state index contributed by atoms with van der Waals surface area (Å²) in [4.78, 5) is 17.5. The quantitative estimate of drug-likeness (QED) is 0.838. The highest BCUT2D eigenvalue weighted by Gasteiger charge is 2.33. The average molecular weight is 372 g/mol. The number of carbonyl (C=O) groups is 1. The van der Waals surface area contributed by atoms with E-state index >= 15 is 0 Å². The van der Waals surface area contributed by atoms with Crippen molar-refractivity contribution in [1.82, 2.24) is 9.88 Å². The van der Waals surface area contributed by atoms with E-state index in [4.69, 9.17) is 11.6 Å². The molecule has 4 nitrogen and oxygen atoms in total. The number of hydrogen-bond acceptors (Lipinski definition) is 3. The fraction of sp³-hybridized carbons (Fsp3) is 0.294. The number of benzene rings is 1. The lowest BCUT2D eigenvalue weighted by atomic mass is 10.1. The molecule has 0 aliphatic heterocycles. The Morgan fingerprint density at radius 2 is 1.92 bits per heavy atom. The van der Waals surface area contributed by atoms with Crippen LogP contribution in [0.4, 0.5) is 18.9 Å². The molecule has 0 aliphatic rings. The number of anilines is 1. The van der Waals surface area contributed by atoms with E-state index in [1.165, 1.54) is 17.0 Å². The Bertz CT molecular complexity index is 723. The van der Waals surface area contributed by atoms with Crippen LogP contribution >= 0.6 is 11.6 Å². The van der Waals surface area contributed by atoms with Gasteiger partial charge in [-0.2, -0.15) is 13.2 Å². The third kappa shape index (κ3) is 5.63. The van der Waals surface area contributed by atoms with Gasteiger partial charge in [0.2, 0.25) is 5.91 Å². The van der Waals surface area contributed by atoms with E-state index in [1.807, 2.05) is 12.1 Å². The molecule has 2 rings (SSSR count). The number of halogens is 4. The molecule has 0 unspecified atom stereocenters. The van der Waals surface area contributed by atoms with Crippen LogP contribution in [0.3, 0.4) is 0 Å². The van der Waals surface area contributed by atoms with Crippen molar-refractivity contribution in [2.45, 2.75) is 12.6 Å². The minimum absolute atomic E-state index is 0.0151. The highest BCUT2D eigenvalue weighted by molar-refractivity contribution is 6.30. The number of rotatable bonds is 6. The molecule has 8 heteroatoms. The second-order valence-corrected chi connectivity index (χ2v) is 5.90. The van der Waals surface area contributed by atoms with Crippen molar-refractivity contribution < 1.29 is 18.0 Å². The Hall–Kier alpha value is -2.28. The fourth-order valence-corrected chi connectivity index (χ4v) is 2.35. The van der Waals surface area contributed by atoms with Crippen LogP contribution in [-0.2, 0) is 17.4 Å². The predicted molar refractivity (Wildman–Crippen MR) is 90.5 cm³/mol. The summed E-state index contributed by atoms with van der Waals surface area (Å²) in [5.74, 6) is -0.308. The van der Waals surface area contributed by atoms with Crippen molar-refractivity contribution in [3.05, 3.63) is 58.9 Å². The van der Waals surface area contributed by atoms with E-state index in [0.29, 0.717) is 13.0 Å². The molecule has 0 atom stereocenters. The summed E-state index contributed by atoms with van der Waals surface area (Å²) in [6.07, 6.45) is -0.584. The fourth-order valence-electron chi connectivity index (χ4n) is 2.18. The monoisotopic (exact) mass is 371 g/mol. The number of nitrogens with one attached hydrogen (secondary N) is 1. The van der Waals surface area contributed by atoms with Crippen molar-refractivity contribution in [3.63, 3.8) is 0 Å². The lowest BCUT2D eigenvalue weighted by Gasteiger charge is -2.19. The minimum Gasteiger partial charge on any atom is -0.376 e. The second-order valence-electron chi connectivity index (χ2n) is 5.46. The van der Waals surface area contributed by atoms with Gasteiger partial charge in [-0.25, -0.2) is 0 Å². The van der Waals surface area contributed by atoms with Crippen molar-refractivity contribution in [2.75, 3.05) is 25.5 Å². The molecule has 0 fully saturated rings. The van der Waals surface area contributed by atoms with Crippen molar-refractivity contribution in [1.29, 1.82) is 0 Å². The summed E-state index contributed by atoms with van der Waals surface area (Å²) in [7, 11) is 1.61. The van der Waals surface area contributed by atoms with E-state index in [0.717, 1.165) is 11.6 Å². The van der Waals surface area contributed by atoms with Crippen LogP contribution in [0.25, 0.3) is 0 Å². The van der Waals surface area contributed by atoms with E-state index < -0.39 is 11.7 Å². The van der Waals surface area contributed by atoms with Gasteiger partial charge in [0.25, 0.3) is 0 Å². The van der Waals surface area contributed by atoms with Crippen LogP contribution in [0.15, 0.2) is 42.7 Å². The van der Waals surface area contributed by atoms with E-state index in [1.54, 1.807) is 19.4 Å². The first kappa shape index (κ1) is 19.1. The first-order valence-corrected chi connectivity index (χ1v) is 7.88. The van der Waals surface area contributed by atoms with Crippen molar-refractivity contribution >= 4 is 23.2 Å². The molecule has 1 amide bonds. The van der Waals surface area contributed by atoms with Gasteiger partial charge in [0, 0.05) is 36.7 Å². The number of aromatic nitrogens is 1. The third-order valence-corrected chi connectivity index (χ3v) is 3.86. The molecular weight excluding hydrogens is 355 g/mol. The summed E-state index contributed by atoms with van der Waals surface area (Å²) >= 11 is 5.63. The Morgan fingerprint density at radius 3 is 2.56 bits per heavy atom. The number of amides is 1. The molecule has 0 radical (unpaired) electrons. The zero-order valence-electron chi connectivity index (χ0n) is 13.5. The molecule has 0 aliphatic carbocycles. The van der Waals surface area contributed by atoms with Gasteiger partial charge >= 0.3 is 6.18 Å². The molecule has 1 aromatic heterocycles. The molecule has 0 saturated heterocycles. The van der Waals surface area contributed by atoms with Crippen LogP contribution in [0.1, 0.15) is 11.1 Å². The van der Waals surface area contributed by atoms with Gasteiger partial charge in [-0.3, -0.25) is 9.78 Å². The smallest absolute Gasteiger partial charge is 0.376 e. The number of carbonyl (C=O) groups excluding carboxylic acids is 1. The number of pyridine rings is 1. The van der Waals surface area contributed by atoms with E-state index in [-0.39, 0.29) is 23.2 Å². The third-order valence-electron chi connectivity index (χ3n) is 3.63. The largest absolute Gasteiger partial charge is 0.418 e. The topological polar surface area (TPSA) is 45.2 Å². The number of alkyl halides is 3. The summed E-state index contributed by atoms with van der Waals surface area (Å²) in [6, 6.07) is 7.09. The van der Waals surface area contributed by atoms with E-state index in [2.05, 4.69) is 10.3 Å². The SMILES string of the molecule is CN(CCc1ccncc1)C(=O)CNc1ccc(Cl)cc1C(F)(F)F. The molecule has 1 N–H and O–H groups in total. The van der Waals surface area contributed by atoms with Crippen LogP contribution in [0.2, 0.25) is 5.02 Å². The summed E-state index contributed by atoms with van der Waals surface area (Å²) in [5.41, 5.74) is -0.0420. The van der Waals surface area contributed by atoms with Gasteiger partial charge in [-0.05, 0) is 42.3 Å². The maximum absolute atomic E-state index is 13.0. The van der Waals surface area contributed by atoms with Gasteiger partial charge in [-0.15, -0.1) is 0 Å². The van der Waals surface area contributed by atoms with Crippen molar-refractivity contribution in [2.24, 2.45) is 0 Å². The Balaban J connectivity index is 1.93. The lowest BCUT2D eigenvalue weighted by Crippen LogP contribution is -2.34. The molecule has 134 valence electrons. The molecule has 2 aromatic rings. The summed E-state index contributed by atoms with van der Waals surface area (Å²) in [6.45, 7) is 0.217. The Kier molecular flexibility index (Phi) is 6.25. The summed E-state index contributed by atoms with van der Waals surface area (Å²) in [5, 5.41) is 2.53. The molecule has 25 heavy (non-hydrogen) atoms. The second kappa shape index (κ2) is 8.20. The zero-order chi connectivity index (χ0) is 18.4. The van der Waals surface area contributed by atoms with Crippen molar-refractivity contribution in [3.8, 4) is 0 Å². The van der Waals surface area contributed by atoms with E-state index in [9.17, 15) is 18.0 Å². The number of likely N-dealkylation sites (N-methyl/N-ethyl adjacent to an activating group) is 1. The van der Waals surface area contributed by atoms with Crippen LogP contribution < -0.4 is 5.32 Å². The normalized spacial score (nSPS) is 11.2. The van der Waals surface area contributed by atoms with Crippen LogP contribution in [0.5, 0.6) is 0 Å². The van der Waals surface area contributed by atoms with Gasteiger partial charge in [0.05, 0.1) is 12.1 Å². The molecule has 0 saturated carbocycles. The molecule has 1 heterocycles. The first-order chi connectivity index (χ1) is 11.8. The number of nitrogens with zero attached hydrogens (tertiary/aromatic N) is 2. The minimum atomic E-state index is -4.55. The highest BCUT2D eigenvalue weighted by atomic mass is 35.5. The maximum Gasteiger partial charge on any atom is 0.418 e. The Morgan fingerprint density at radius 1 is 1.24 bits per heavy atom. The molecule has 0 bridgehead atoms. The predicted octanol–water partition coefficient (Wildman–Crippen LogP) is 3.87. The molecular formula is C17H17ClF3N3O. The van der Waals surface area contributed by atoms with Crippen LogP contribution in [0, 0.1) is 0 Å². The zero-order valence-corrected chi connectivity index (χ0v) is 14.2. The Labute approximate surface area is 148 Å². The molecule has 0 spiro atoms. The van der Waals surface area contributed by atoms with Gasteiger partial charge in [0.15, 0.2) is 0 Å². The van der Waals surface area contributed by atoms with Gasteiger partial charge in [0.1, 0.15) is 0 Å². The molecule has 1 aromatic carbocycles. The van der Waals surface area contributed by atoms with Gasteiger partial charge in [-0.1, -0.05) is 11.6 Å². The first-order valence-electron chi connectivity index (χ1n) is 7.51. The van der Waals surface area contributed by atoms with Gasteiger partial charge < -0.3 is 10.2 Å². The lowest BCUT2D eigenvalue weighted by molar-refractivity contribution is -0.137. The average Bonchev–Trinajstić information content (AvgIpc) is 2.58. The number of hydrogen-bond donors (Lipinski definition) is 1.